The van der Waals surface area contributed by atoms with E-state index in [1.54, 1.807) is 45.6 Å². The summed E-state index contributed by atoms with van der Waals surface area (Å²) in [7, 11) is 0. The number of nitrogens with zero attached hydrogens (tertiary/aromatic N) is 3. The molecule has 8 heteroatoms. The number of benzene rings is 2. The zero-order valence-electron chi connectivity index (χ0n) is 16.0. The van der Waals surface area contributed by atoms with Crippen molar-refractivity contribution in [2.24, 2.45) is 5.92 Å². The van der Waals surface area contributed by atoms with E-state index in [1.165, 1.54) is 0 Å². The molecule has 3 aromatic rings. The number of para-hydroxylation sites is 1. The van der Waals surface area contributed by atoms with E-state index in [-0.39, 0.29) is 18.2 Å². The van der Waals surface area contributed by atoms with E-state index >= 15 is 0 Å². The van der Waals surface area contributed by atoms with Gasteiger partial charge in [0.1, 0.15) is 5.82 Å². The number of halogens is 1. The molecular formula is C22H19ClN4O2S. The first kappa shape index (κ1) is 19.2. The molecule has 0 aliphatic carbocycles. The van der Waals surface area contributed by atoms with Gasteiger partial charge in [0.05, 0.1) is 17.3 Å². The van der Waals surface area contributed by atoms with Crippen molar-refractivity contribution in [3.8, 4) is 5.69 Å². The Hall–Kier alpha value is -2.77. The molecule has 1 unspecified atom stereocenters. The number of thioether (sulfide) groups is 1. The van der Waals surface area contributed by atoms with Crippen LogP contribution in [0.25, 0.3) is 5.69 Å². The number of nitrogens with one attached hydrogen (secondary N) is 1. The van der Waals surface area contributed by atoms with Gasteiger partial charge in [0, 0.05) is 40.7 Å². The highest BCUT2D eigenvalue weighted by Crippen LogP contribution is 2.36. The van der Waals surface area contributed by atoms with E-state index in [9.17, 15) is 9.59 Å². The van der Waals surface area contributed by atoms with Crippen LogP contribution < -0.4 is 10.2 Å². The van der Waals surface area contributed by atoms with Crippen molar-refractivity contribution in [1.29, 1.82) is 0 Å². The first-order valence-corrected chi connectivity index (χ1v) is 11.2. The molecule has 6 nitrogen and oxygen atoms in total. The van der Waals surface area contributed by atoms with Crippen LogP contribution in [0.15, 0.2) is 54.6 Å². The Bertz CT molecular complexity index is 1110. The summed E-state index contributed by atoms with van der Waals surface area (Å²) in [6, 6.07) is 16.9. The highest BCUT2D eigenvalue weighted by atomic mass is 35.5. The molecule has 0 spiro atoms. The van der Waals surface area contributed by atoms with E-state index in [4.69, 9.17) is 16.7 Å². The smallest absolute Gasteiger partial charge is 0.230 e. The van der Waals surface area contributed by atoms with Crippen LogP contribution in [0.1, 0.15) is 17.7 Å². The van der Waals surface area contributed by atoms with Crippen molar-refractivity contribution in [1.82, 2.24) is 9.78 Å². The summed E-state index contributed by atoms with van der Waals surface area (Å²) in [6.45, 7) is 0.350. The molecule has 1 aromatic heterocycles. The normalized spacial score (nSPS) is 18.0. The fourth-order valence-electron chi connectivity index (χ4n) is 3.87. The molecule has 3 heterocycles. The van der Waals surface area contributed by atoms with Gasteiger partial charge in [-0.1, -0.05) is 29.8 Å². The molecule has 1 atom stereocenters. The minimum absolute atomic E-state index is 0.0603. The monoisotopic (exact) mass is 438 g/mol. The Balaban J connectivity index is 1.39. The van der Waals surface area contributed by atoms with Gasteiger partial charge in [-0.05, 0) is 36.4 Å². The zero-order valence-corrected chi connectivity index (χ0v) is 17.6. The third-order valence-corrected chi connectivity index (χ3v) is 6.65. The van der Waals surface area contributed by atoms with Crippen LogP contribution in [-0.2, 0) is 21.1 Å². The average Bonchev–Trinajstić information content (AvgIpc) is 3.45. The number of aromatic nitrogens is 2. The molecule has 5 rings (SSSR count). The van der Waals surface area contributed by atoms with Gasteiger partial charge in [0.2, 0.25) is 11.8 Å². The van der Waals surface area contributed by atoms with E-state index in [1.807, 2.05) is 30.3 Å². The van der Waals surface area contributed by atoms with E-state index in [0.717, 1.165) is 34.1 Å². The van der Waals surface area contributed by atoms with Crippen molar-refractivity contribution in [3.63, 3.8) is 0 Å². The van der Waals surface area contributed by atoms with Gasteiger partial charge < -0.3 is 10.2 Å². The van der Waals surface area contributed by atoms with Crippen LogP contribution in [0.5, 0.6) is 0 Å². The zero-order chi connectivity index (χ0) is 20.7. The highest BCUT2D eigenvalue weighted by Gasteiger charge is 2.36. The lowest BCUT2D eigenvalue weighted by molar-refractivity contribution is -0.122. The molecule has 1 N–H and O–H groups in total. The van der Waals surface area contributed by atoms with Gasteiger partial charge in [0.15, 0.2) is 0 Å². The van der Waals surface area contributed by atoms with E-state index < -0.39 is 5.92 Å². The number of anilines is 2. The first-order valence-electron chi connectivity index (χ1n) is 9.71. The maximum atomic E-state index is 13.1. The maximum absolute atomic E-state index is 13.1. The Morgan fingerprint density at radius 2 is 1.83 bits per heavy atom. The number of fused-ring (bicyclic) bond motifs is 1. The quantitative estimate of drug-likeness (QED) is 0.660. The summed E-state index contributed by atoms with van der Waals surface area (Å²) in [5.74, 6) is 1.73. The van der Waals surface area contributed by atoms with Crippen molar-refractivity contribution in [2.45, 2.75) is 17.9 Å². The van der Waals surface area contributed by atoms with Crippen molar-refractivity contribution in [2.75, 3.05) is 16.8 Å². The summed E-state index contributed by atoms with van der Waals surface area (Å²) in [6.07, 6.45) is 0.185. The molecule has 1 fully saturated rings. The van der Waals surface area contributed by atoms with Crippen LogP contribution in [-0.4, -0.2) is 28.1 Å². The number of rotatable bonds is 4. The van der Waals surface area contributed by atoms with Crippen molar-refractivity contribution in [3.05, 3.63) is 70.9 Å². The number of hydrogen-bond acceptors (Lipinski definition) is 4. The molecule has 1 saturated heterocycles. The molecule has 0 saturated carbocycles. The SMILES string of the molecule is O=C(Nc1c2c(nn1-c1ccccc1)CSC2)C1CC(=O)N(c2ccc(Cl)cc2)C1. The highest BCUT2D eigenvalue weighted by molar-refractivity contribution is 7.98. The number of hydrogen-bond donors (Lipinski definition) is 1. The molecule has 2 aliphatic heterocycles. The van der Waals surface area contributed by atoms with Crippen LogP contribution in [0, 0.1) is 5.92 Å². The molecule has 2 amide bonds. The van der Waals surface area contributed by atoms with E-state index in [0.29, 0.717) is 17.4 Å². The topological polar surface area (TPSA) is 67.2 Å². The number of amides is 2. The summed E-state index contributed by atoms with van der Waals surface area (Å²) < 4.78 is 1.80. The molecule has 0 radical (unpaired) electrons. The van der Waals surface area contributed by atoms with Crippen LogP contribution in [0.4, 0.5) is 11.5 Å². The predicted octanol–water partition coefficient (Wildman–Crippen LogP) is 4.26. The number of carbonyl (C=O) groups is 2. The van der Waals surface area contributed by atoms with Gasteiger partial charge in [-0.25, -0.2) is 4.68 Å². The van der Waals surface area contributed by atoms with Gasteiger partial charge in [-0.3, -0.25) is 9.59 Å². The minimum Gasteiger partial charge on any atom is -0.312 e. The van der Waals surface area contributed by atoms with Gasteiger partial charge in [-0.2, -0.15) is 16.9 Å². The van der Waals surface area contributed by atoms with Crippen LogP contribution >= 0.6 is 23.4 Å². The molecule has 152 valence electrons. The summed E-state index contributed by atoms with van der Waals surface area (Å²) in [4.78, 5) is 27.3. The summed E-state index contributed by atoms with van der Waals surface area (Å²) in [5.41, 5.74) is 3.73. The second kappa shape index (κ2) is 7.81. The lowest BCUT2D eigenvalue weighted by atomic mass is 10.1. The Morgan fingerprint density at radius 3 is 2.60 bits per heavy atom. The van der Waals surface area contributed by atoms with Crippen LogP contribution in [0.3, 0.4) is 0 Å². The Labute approximate surface area is 183 Å². The fraction of sp³-hybridized carbons (Fsp3) is 0.227. The van der Waals surface area contributed by atoms with Crippen molar-refractivity contribution < 1.29 is 9.59 Å². The predicted molar refractivity (Wildman–Crippen MR) is 119 cm³/mol. The minimum atomic E-state index is -0.419. The Kier molecular flexibility index (Phi) is 5.00. The lowest BCUT2D eigenvalue weighted by Gasteiger charge is -2.17. The molecule has 2 aliphatic rings. The average molecular weight is 439 g/mol. The van der Waals surface area contributed by atoms with Gasteiger partial charge in [0.25, 0.3) is 0 Å². The first-order chi connectivity index (χ1) is 14.6. The molecule has 30 heavy (non-hydrogen) atoms. The lowest BCUT2D eigenvalue weighted by Crippen LogP contribution is -2.28. The largest absolute Gasteiger partial charge is 0.312 e. The second-order valence-electron chi connectivity index (χ2n) is 7.39. The number of carbonyl (C=O) groups excluding carboxylic acids is 2. The Morgan fingerprint density at radius 1 is 1.07 bits per heavy atom. The molecular weight excluding hydrogens is 420 g/mol. The van der Waals surface area contributed by atoms with Crippen molar-refractivity contribution >= 4 is 46.7 Å². The summed E-state index contributed by atoms with van der Waals surface area (Å²) >= 11 is 7.73. The molecule has 2 aromatic carbocycles. The van der Waals surface area contributed by atoms with Gasteiger partial charge in [-0.15, -0.1) is 0 Å². The summed E-state index contributed by atoms with van der Waals surface area (Å²) in [5, 5.41) is 8.41. The second-order valence-corrected chi connectivity index (χ2v) is 8.81. The maximum Gasteiger partial charge on any atom is 0.230 e. The standard InChI is InChI=1S/C22H19ClN4O2S/c23-15-6-8-16(9-7-15)26-11-14(10-20(26)28)22(29)24-21-18-12-30-13-19(18)25-27(21)17-4-2-1-3-5-17/h1-9,14H,10-13H2,(H,24,29). The van der Waals surface area contributed by atoms with Crippen LogP contribution in [0.2, 0.25) is 5.02 Å². The molecule has 0 bridgehead atoms. The third kappa shape index (κ3) is 3.48. The fourth-order valence-corrected chi connectivity index (χ4v) is 5.03. The third-order valence-electron chi connectivity index (χ3n) is 5.43. The van der Waals surface area contributed by atoms with Gasteiger partial charge >= 0.3 is 0 Å². The van der Waals surface area contributed by atoms with E-state index in [2.05, 4.69) is 5.32 Å².